The molecule has 0 spiro atoms. The Morgan fingerprint density at radius 3 is 2.72 bits per heavy atom. The summed E-state index contributed by atoms with van der Waals surface area (Å²) in [6.07, 6.45) is 5.59. The molecule has 18 heavy (non-hydrogen) atoms. The quantitative estimate of drug-likeness (QED) is 0.870. The molecule has 1 saturated carbocycles. The van der Waals surface area contributed by atoms with Crippen LogP contribution in [-0.2, 0) is 11.3 Å². The van der Waals surface area contributed by atoms with E-state index in [0.29, 0.717) is 18.7 Å². The van der Waals surface area contributed by atoms with E-state index in [1.807, 2.05) is 0 Å². The van der Waals surface area contributed by atoms with Gasteiger partial charge in [-0.3, -0.25) is 0 Å². The van der Waals surface area contributed by atoms with Gasteiger partial charge in [-0.25, -0.2) is 0 Å². The fourth-order valence-electron chi connectivity index (χ4n) is 3.24. The van der Waals surface area contributed by atoms with Gasteiger partial charge in [0.1, 0.15) is 0 Å². The number of hydrogen-bond donors (Lipinski definition) is 1. The van der Waals surface area contributed by atoms with Crippen LogP contribution in [0.1, 0.15) is 31.2 Å². The zero-order valence-electron chi connectivity index (χ0n) is 10.8. The fourth-order valence-corrected chi connectivity index (χ4v) is 3.24. The van der Waals surface area contributed by atoms with E-state index in [2.05, 4.69) is 29.2 Å². The molecule has 98 valence electrons. The van der Waals surface area contributed by atoms with Crippen LogP contribution in [0, 0.1) is 0 Å². The van der Waals surface area contributed by atoms with Crippen molar-refractivity contribution in [2.75, 3.05) is 18.1 Å². The Hall–Kier alpha value is -1.06. The molecule has 1 saturated heterocycles. The van der Waals surface area contributed by atoms with Crippen LogP contribution < -0.4 is 10.6 Å². The van der Waals surface area contributed by atoms with E-state index in [1.54, 1.807) is 0 Å². The predicted octanol–water partition coefficient (Wildman–Crippen LogP) is 2.29. The van der Waals surface area contributed by atoms with Crippen LogP contribution in [0.4, 0.5) is 5.69 Å². The molecule has 2 unspecified atom stereocenters. The van der Waals surface area contributed by atoms with Crippen LogP contribution in [0.3, 0.4) is 0 Å². The molecule has 1 heterocycles. The summed E-state index contributed by atoms with van der Waals surface area (Å²) in [5.41, 5.74) is 8.18. The van der Waals surface area contributed by atoms with Gasteiger partial charge in [0.2, 0.25) is 0 Å². The van der Waals surface area contributed by atoms with Crippen LogP contribution in [0.5, 0.6) is 0 Å². The fraction of sp³-hybridized carbons (Fsp3) is 0.600. The highest BCUT2D eigenvalue weighted by Gasteiger charge is 2.34. The molecule has 2 N–H and O–H groups in total. The topological polar surface area (TPSA) is 38.5 Å². The second kappa shape index (κ2) is 5.29. The van der Waals surface area contributed by atoms with Crippen molar-refractivity contribution in [3.8, 4) is 0 Å². The zero-order valence-corrected chi connectivity index (χ0v) is 10.8. The highest BCUT2D eigenvalue weighted by Crippen LogP contribution is 2.31. The van der Waals surface area contributed by atoms with Gasteiger partial charge in [-0.05, 0) is 30.5 Å². The van der Waals surface area contributed by atoms with Crippen molar-refractivity contribution in [1.29, 1.82) is 0 Å². The summed E-state index contributed by atoms with van der Waals surface area (Å²) in [4.78, 5) is 2.54. The van der Waals surface area contributed by atoms with Crippen LogP contribution in [-0.4, -0.2) is 25.3 Å². The highest BCUT2D eigenvalue weighted by atomic mass is 16.5. The zero-order chi connectivity index (χ0) is 12.4. The summed E-state index contributed by atoms with van der Waals surface area (Å²) in [6.45, 7) is 2.50. The lowest BCUT2D eigenvalue weighted by atomic mass is 9.89. The molecule has 2 atom stereocenters. The van der Waals surface area contributed by atoms with Gasteiger partial charge in [0, 0.05) is 18.8 Å². The third kappa shape index (κ3) is 2.25. The number of rotatable bonds is 2. The highest BCUT2D eigenvalue weighted by molar-refractivity contribution is 5.49. The maximum absolute atomic E-state index is 5.92. The Bertz CT molecular complexity index is 388. The summed E-state index contributed by atoms with van der Waals surface area (Å²) >= 11 is 0. The lowest BCUT2D eigenvalue weighted by molar-refractivity contribution is -0.00867. The lowest BCUT2D eigenvalue weighted by Crippen LogP contribution is -2.52. The van der Waals surface area contributed by atoms with Crippen molar-refractivity contribution >= 4 is 5.69 Å². The smallest absolute Gasteiger partial charge is 0.0779 e. The molecule has 1 aromatic rings. The Kier molecular flexibility index (Phi) is 3.52. The standard InChI is InChI=1S/C15H22N2O/c16-11-12-5-7-13(8-6-12)17-9-10-18-15-4-2-1-3-14(15)17/h5-8,14-15H,1-4,9-11,16H2. The van der Waals surface area contributed by atoms with E-state index in [1.165, 1.54) is 36.9 Å². The van der Waals surface area contributed by atoms with Crippen LogP contribution in [0.25, 0.3) is 0 Å². The minimum Gasteiger partial charge on any atom is -0.374 e. The molecule has 0 aromatic heterocycles. The first-order valence-corrected chi connectivity index (χ1v) is 7.06. The molecule has 1 aromatic carbocycles. The number of ether oxygens (including phenoxy) is 1. The average Bonchev–Trinajstić information content (AvgIpc) is 2.47. The first-order chi connectivity index (χ1) is 8.88. The molecule has 2 aliphatic rings. The number of benzene rings is 1. The largest absolute Gasteiger partial charge is 0.374 e. The molecule has 0 bridgehead atoms. The summed E-state index contributed by atoms with van der Waals surface area (Å²) in [5.74, 6) is 0. The Morgan fingerprint density at radius 1 is 1.17 bits per heavy atom. The first-order valence-electron chi connectivity index (χ1n) is 7.06. The number of morpholine rings is 1. The van der Waals surface area contributed by atoms with Crippen molar-refractivity contribution in [2.24, 2.45) is 5.73 Å². The summed E-state index contributed by atoms with van der Waals surface area (Å²) in [7, 11) is 0. The van der Waals surface area contributed by atoms with Crippen molar-refractivity contribution < 1.29 is 4.74 Å². The second-order valence-corrected chi connectivity index (χ2v) is 5.33. The van der Waals surface area contributed by atoms with Gasteiger partial charge in [0.05, 0.1) is 18.8 Å². The number of fused-ring (bicyclic) bond motifs is 1. The van der Waals surface area contributed by atoms with E-state index in [-0.39, 0.29) is 0 Å². The molecule has 3 rings (SSSR count). The van der Waals surface area contributed by atoms with E-state index in [4.69, 9.17) is 10.5 Å². The third-order valence-electron chi connectivity index (χ3n) is 4.24. The Morgan fingerprint density at radius 2 is 1.94 bits per heavy atom. The maximum atomic E-state index is 5.92. The molecule has 0 amide bonds. The Balaban J connectivity index is 1.80. The number of hydrogen-bond acceptors (Lipinski definition) is 3. The minimum absolute atomic E-state index is 0.446. The number of nitrogens with two attached hydrogens (primary N) is 1. The monoisotopic (exact) mass is 246 g/mol. The normalized spacial score (nSPS) is 27.9. The van der Waals surface area contributed by atoms with Crippen LogP contribution >= 0.6 is 0 Å². The summed E-state index contributed by atoms with van der Waals surface area (Å²) < 4.78 is 5.92. The van der Waals surface area contributed by atoms with E-state index >= 15 is 0 Å². The van der Waals surface area contributed by atoms with E-state index in [9.17, 15) is 0 Å². The van der Waals surface area contributed by atoms with Crippen molar-refractivity contribution in [3.05, 3.63) is 29.8 Å². The molecule has 3 nitrogen and oxygen atoms in total. The molecule has 1 aliphatic carbocycles. The summed E-state index contributed by atoms with van der Waals surface area (Å²) in [6, 6.07) is 9.28. The Labute approximate surface area is 109 Å². The maximum Gasteiger partial charge on any atom is 0.0779 e. The number of anilines is 1. The van der Waals surface area contributed by atoms with Gasteiger partial charge in [-0.2, -0.15) is 0 Å². The minimum atomic E-state index is 0.446. The van der Waals surface area contributed by atoms with Gasteiger partial charge < -0.3 is 15.4 Å². The number of nitrogens with zero attached hydrogens (tertiary/aromatic N) is 1. The van der Waals surface area contributed by atoms with Crippen LogP contribution in [0.15, 0.2) is 24.3 Å². The van der Waals surface area contributed by atoms with Crippen molar-refractivity contribution in [1.82, 2.24) is 0 Å². The SMILES string of the molecule is NCc1ccc(N2CCOC3CCCCC32)cc1. The van der Waals surface area contributed by atoms with Gasteiger partial charge >= 0.3 is 0 Å². The lowest BCUT2D eigenvalue weighted by Gasteiger charge is -2.45. The molecule has 1 aliphatic heterocycles. The molecular weight excluding hydrogens is 224 g/mol. The van der Waals surface area contributed by atoms with E-state index < -0.39 is 0 Å². The second-order valence-electron chi connectivity index (χ2n) is 5.33. The first kappa shape index (κ1) is 12.0. The predicted molar refractivity (Wildman–Crippen MR) is 73.7 cm³/mol. The van der Waals surface area contributed by atoms with Crippen molar-refractivity contribution in [3.63, 3.8) is 0 Å². The third-order valence-corrected chi connectivity index (χ3v) is 4.24. The molecular formula is C15H22N2O. The van der Waals surface area contributed by atoms with E-state index in [0.717, 1.165) is 13.2 Å². The molecule has 2 fully saturated rings. The van der Waals surface area contributed by atoms with Crippen molar-refractivity contribution in [2.45, 2.75) is 44.4 Å². The van der Waals surface area contributed by atoms with Gasteiger partial charge in [-0.15, -0.1) is 0 Å². The van der Waals surface area contributed by atoms with Crippen LogP contribution in [0.2, 0.25) is 0 Å². The van der Waals surface area contributed by atoms with Gasteiger partial charge in [0.25, 0.3) is 0 Å². The molecule has 0 radical (unpaired) electrons. The summed E-state index contributed by atoms with van der Waals surface area (Å²) in [5, 5.41) is 0. The molecule has 3 heteroatoms. The van der Waals surface area contributed by atoms with Gasteiger partial charge in [0.15, 0.2) is 0 Å². The van der Waals surface area contributed by atoms with Gasteiger partial charge in [-0.1, -0.05) is 25.0 Å². The average molecular weight is 246 g/mol.